The van der Waals surface area contributed by atoms with E-state index in [2.05, 4.69) is 56.0 Å². The lowest BCUT2D eigenvalue weighted by Gasteiger charge is -2.16. The Hall–Kier alpha value is -0.670. The van der Waals surface area contributed by atoms with Gasteiger partial charge in [0.25, 0.3) is 0 Å². The SMILES string of the molecule is CCSC1CCC(NCc2ccc3c(c2)CC(C)(C)O3)C1. The summed E-state index contributed by atoms with van der Waals surface area (Å²) in [4.78, 5) is 0. The summed E-state index contributed by atoms with van der Waals surface area (Å²) in [5, 5.41) is 4.62. The van der Waals surface area contributed by atoms with Gasteiger partial charge in [-0.05, 0) is 56.1 Å². The van der Waals surface area contributed by atoms with Crippen molar-refractivity contribution in [2.24, 2.45) is 0 Å². The Morgan fingerprint density at radius 3 is 3.00 bits per heavy atom. The molecule has 116 valence electrons. The van der Waals surface area contributed by atoms with Gasteiger partial charge in [0.05, 0.1) is 0 Å². The Labute approximate surface area is 133 Å². The predicted molar refractivity (Wildman–Crippen MR) is 91.3 cm³/mol. The van der Waals surface area contributed by atoms with E-state index >= 15 is 0 Å². The molecule has 21 heavy (non-hydrogen) atoms. The third-order valence-electron chi connectivity index (χ3n) is 4.51. The lowest BCUT2D eigenvalue weighted by Crippen LogP contribution is -2.26. The molecule has 2 aliphatic rings. The van der Waals surface area contributed by atoms with Crippen molar-refractivity contribution in [3.8, 4) is 5.75 Å². The molecule has 0 aromatic heterocycles. The molecule has 1 aromatic rings. The molecule has 1 aliphatic carbocycles. The first-order valence-corrected chi connectivity index (χ1v) is 9.26. The van der Waals surface area contributed by atoms with Crippen molar-refractivity contribution in [3.05, 3.63) is 29.3 Å². The van der Waals surface area contributed by atoms with Crippen molar-refractivity contribution in [1.82, 2.24) is 5.32 Å². The average Bonchev–Trinajstić information content (AvgIpc) is 2.98. The highest BCUT2D eigenvalue weighted by atomic mass is 32.2. The maximum atomic E-state index is 5.94. The number of fused-ring (bicyclic) bond motifs is 1. The van der Waals surface area contributed by atoms with E-state index in [0.29, 0.717) is 6.04 Å². The molecular weight excluding hydrogens is 278 g/mol. The molecule has 0 spiro atoms. The van der Waals surface area contributed by atoms with Gasteiger partial charge in [0.15, 0.2) is 0 Å². The quantitative estimate of drug-likeness (QED) is 0.882. The van der Waals surface area contributed by atoms with Gasteiger partial charge in [-0.3, -0.25) is 0 Å². The van der Waals surface area contributed by atoms with Crippen molar-refractivity contribution >= 4 is 11.8 Å². The van der Waals surface area contributed by atoms with Crippen molar-refractivity contribution < 1.29 is 4.74 Å². The fourth-order valence-corrected chi connectivity index (χ4v) is 4.69. The van der Waals surface area contributed by atoms with Crippen LogP contribution < -0.4 is 10.1 Å². The lowest BCUT2D eigenvalue weighted by atomic mass is 10.00. The van der Waals surface area contributed by atoms with Crippen LogP contribution in [-0.2, 0) is 13.0 Å². The highest BCUT2D eigenvalue weighted by Crippen LogP contribution is 2.35. The molecule has 0 bridgehead atoms. The second-order valence-electron chi connectivity index (χ2n) is 6.95. The van der Waals surface area contributed by atoms with Crippen molar-refractivity contribution in [1.29, 1.82) is 0 Å². The van der Waals surface area contributed by atoms with E-state index < -0.39 is 0 Å². The van der Waals surface area contributed by atoms with Gasteiger partial charge in [0.2, 0.25) is 0 Å². The largest absolute Gasteiger partial charge is 0.487 e. The Balaban J connectivity index is 1.53. The summed E-state index contributed by atoms with van der Waals surface area (Å²) < 4.78 is 5.94. The summed E-state index contributed by atoms with van der Waals surface area (Å²) in [5.74, 6) is 2.32. The monoisotopic (exact) mass is 305 g/mol. The van der Waals surface area contributed by atoms with Gasteiger partial charge in [0.1, 0.15) is 11.4 Å². The molecule has 2 unspecified atom stereocenters. The number of hydrogen-bond acceptors (Lipinski definition) is 3. The molecule has 0 radical (unpaired) electrons. The van der Waals surface area contributed by atoms with Crippen LogP contribution >= 0.6 is 11.8 Å². The van der Waals surface area contributed by atoms with Gasteiger partial charge < -0.3 is 10.1 Å². The van der Waals surface area contributed by atoms with Crippen LogP contribution in [0, 0.1) is 0 Å². The highest BCUT2D eigenvalue weighted by Gasteiger charge is 2.30. The summed E-state index contributed by atoms with van der Waals surface area (Å²) in [5.41, 5.74) is 2.72. The fraction of sp³-hybridized carbons (Fsp3) is 0.667. The Kier molecular flexibility index (Phi) is 4.51. The van der Waals surface area contributed by atoms with Gasteiger partial charge >= 0.3 is 0 Å². The van der Waals surface area contributed by atoms with Gasteiger partial charge in [0, 0.05) is 24.3 Å². The van der Waals surface area contributed by atoms with E-state index in [1.165, 1.54) is 36.1 Å². The van der Waals surface area contributed by atoms with E-state index in [0.717, 1.165) is 24.0 Å². The summed E-state index contributed by atoms with van der Waals surface area (Å²) in [6.45, 7) is 7.57. The average molecular weight is 305 g/mol. The minimum absolute atomic E-state index is 0.0373. The summed E-state index contributed by atoms with van der Waals surface area (Å²) in [6.07, 6.45) is 5.07. The van der Waals surface area contributed by atoms with Crippen LogP contribution in [0.1, 0.15) is 51.2 Å². The highest BCUT2D eigenvalue weighted by molar-refractivity contribution is 7.99. The summed E-state index contributed by atoms with van der Waals surface area (Å²) >= 11 is 2.12. The number of ether oxygens (including phenoxy) is 1. The fourth-order valence-electron chi connectivity index (χ4n) is 3.55. The zero-order chi connectivity index (χ0) is 14.9. The molecule has 1 aliphatic heterocycles. The third-order valence-corrected chi connectivity index (χ3v) is 5.74. The molecule has 1 aromatic carbocycles. The molecular formula is C18H27NOS. The zero-order valence-electron chi connectivity index (χ0n) is 13.4. The molecule has 1 saturated carbocycles. The number of rotatable bonds is 5. The van der Waals surface area contributed by atoms with E-state index in [4.69, 9.17) is 4.74 Å². The zero-order valence-corrected chi connectivity index (χ0v) is 14.3. The van der Waals surface area contributed by atoms with Crippen LogP contribution in [0.2, 0.25) is 0 Å². The van der Waals surface area contributed by atoms with E-state index in [1.807, 2.05) is 0 Å². The Bertz CT molecular complexity index is 500. The van der Waals surface area contributed by atoms with Crippen LogP contribution in [-0.4, -0.2) is 22.6 Å². The molecule has 2 atom stereocenters. The maximum Gasteiger partial charge on any atom is 0.123 e. The molecule has 1 N–H and O–H groups in total. The molecule has 1 heterocycles. The molecule has 3 rings (SSSR count). The van der Waals surface area contributed by atoms with Crippen molar-refractivity contribution in [2.75, 3.05) is 5.75 Å². The van der Waals surface area contributed by atoms with E-state index in [-0.39, 0.29) is 5.60 Å². The predicted octanol–water partition coefficient (Wildman–Crippen LogP) is 4.16. The molecule has 0 saturated heterocycles. The molecule has 0 amide bonds. The van der Waals surface area contributed by atoms with Crippen LogP contribution in [0.4, 0.5) is 0 Å². The molecule has 3 heteroatoms. The summed E-state index contributed by atoms with van der Waals surface area (Å²) in [7, 11) is 0. The standard InChI is InChI=1S/C18H27NOS/c1-4-21-16-7-6-15(10-16)19-12-13-5-8-17-14(9-13)11-18(2,3)20-17/h5,8-9,15-16,19H,4,6-7,10-12H2,1-3H3. The minimum atomic E-state index is -0.0373. The third kappa shape index (κ3) is 3.75. The lowest BCUT2D eigenvalue weighted by molar-refractivity contribution is 0.138. The molecule has 2 nitrogen and oxygen atoms in total. The minimum Gasteiger partial charge on any atom is -0.487 e. The summed E-state index contributed by atoms with van der Waals surface area (Å²) in [6, 6.07) is 7.38. The molecule has 1 fully saturated rings. The second-order valence-corrected chi connectivity index (χ2v) is 8.53. The smallest absolute Gasteiger partial charge is 0.123 e. The number of thioether (sulfide) groups is 1. The second kappa shape index (κ2) is 6.21. The van der Waals surface area contributed by atoms with Crippen molar-refractivity contribution in [2.45, 2.75) is 69.9 Å². The van der Waals surface area contributed by atoms with Crippen LogP contribution in [0.5, 0.6) is 5.75 Å². The first-order valence-electron chi connectivity index (χ1n) is 8.21. The van der Waals surface area contributed by atoms with E-state index in [9.17, 15) is 0 Å². The van der Waals surface area contributed by atoms with Gasteiger partial charge in [-0.2, -0.15) is 11.8 Å². The first-order chi connectivity index (χ1) is 10.1. The van der Waals surface area contributed by atoms with Crippen LogP contribution in [0.15, 0.2) is 18.2 Å². The van der Waals surface area contributed by atoms with Gasteiger partial charge in [-0.1, -0.05) is 19.1 Å². The van der Waals surface area contributed by atoms with Gasteiger partial charge in [-0.15, -0.1) is 0 Å². The Morgan fingerprint density at radius 2 is 2.19 bits per heavy atom. The van der Waals surface area contributed by atoms with E-state index in [1.54, 1.807) is 0 Å². The number of benzene rings is 1. The Morgan fingerprint density at radius 1 is 1.33 bits per heavy atom. The van der Waals surface area contributed by atoms with Crippen LogP contribution in [0.3, 0.4) is 0 Å². The normalized spacial score (nSPS) is 26.6. The first kappa shape index (κ1) is 15.2. The maximum absolute atomic E-state index is 5.94. The number of nitrogens with one attached hydrogen (secondary N) is 1. The topological polar surface area (TPSA) is 21.3 Å². The van der Waals surface area contributed by atoms with Gasteiger partial charge in [-0.25, -0.2) is 0 Å². The van der Waals surface area contributed by atoms with Crippen LogP contribution in [0.25, 0.3) is 0 Å². The van der Waals surface area contributed by atoms with Crippen molar-refractivity contribution in [3.63, 3.8) is 0 Å². The number of hydrogen-bond donors (Lipinski definition) is 1.